The van der Waals surface area contributed by atoms with E-state index in [1.165, 1.54) is 10.8 Å². The van der Waals surface area contributed by atoms with E-state index in [0.29, 0.717) is 6.54 Å². The van der Waals surface area contributed by atoms with Crippen LogP contribution in [0.25, 0.3) is 21.7 Å². The lowest BCUT2D eigenvalue weighted by molar-refractivity contribution is -0.192. The smallest absolute Gasteiger partial charge is 0.475 e. The minimum Gasteiger partial charge on any atom is -0.475 e. The van der Waals surface area contributed by atoms with Crippen molar-refractivity contribution in [3.05, 3.63) is 42.4 Å². The van der Waals surface area contributed by atoms with Crippen LogP contribution < -0.4 is 5.73 Å². The number of carboxylic acids is 1. The van der Waals surface area contributed by atoms with Crippen LogP contribution in [0.4, 0.5) is 13.2 Å². The molecule has 2 heterocycles. The van der Waals surface area contributed by atoms with Crippen molar-refractivity contribution >= 4 is 27.6 Å². The van der Waals surface area contributed by atoms with Gasteiger partial charge in [0.25, 0.3) is 0 Å². The Labute approximate surface area is 122 Å². The fraction of sp³-hybridized carbons (Fsp3) is 0.143. The van der Waals surface area contributed by atoms with E-state index in [9.17, 15) is 13.2 Å². The molecule has 0 aliphatic heterocycles. The van der Waals surface area contributed by atoms with Gasteiger partial charge < -0.3 is 15.8 Å². The number of aliphatic carboxylic acids is 1. The van der Waals surface area contributed by atoms with Crippen molar-refractivity contribution in [1.82, 2.24) is 9.97 Å². The first-order valence-corrected chi connectivity index (χ1v) is 6.17. The summed E-state index contributed by atoms with van der Waals surface area (Å²) in [6, 6.07) is 6.28. The van der Waals surface area contributed by atoms with E-state index in [1.54, 1.807) is 0 Å². The Bertz CT molecular complexity index is 812. The predicted octanol–water partition coefficient (Wildman–Crippen LogP) is 2.81. The molecule has 0 spiro atoms. The van der Waals surface area contributed by atoms with Crippen molar-refractivity contribution in [1.29, 1.82) is 0 Å². The van der Waals surface area contributed by atoms with Gasteiger partial charge in [-0.15, -0.1) is 0 Å². The highest BCUT2D eigenvalue weighted by atomic mass is 19.4. The first-order chi connectivity index (χ1) is 10.3. The number of nitrogens with two attached hydrogens (primary N) is 1. The molecule has 1 aromatic carbocycles. The number of halogens is 3. The predicted molar refractivity (Wildman–Crippen MR) is 75.2 cm³/mol. The molecule has 0 radical (unpaired) electrons. The third-order valence-corrected chi connectivity index (χ3v) is 2.99. The number of rotatable bonds is 1. The molecule has 22 heavy (non-hydrogen) atoms. The quantitative estimate of drug-likeness (QED) is 0.644. The average Bonchev–Trinajstić information content (AvgIpc) is 2.86. The SMILES string of the molecule is NCc1c[nH]c2cc3cnccc3cc12.O=C(O)C(F)(F)F. The summed E-state index contributed by atoms with van der Waals surface area (Å²) in [5.74, 6) is -2.76. The van der Waals surface area contributed by atoms with E-state index in [0.717, 1.165) is 16.5 Å². The van der Waals surface area contributed by atoms with Crippen molar-refractivity contribution < 1.29 is 23.1 Å². The molecular weight excluding hydrogens is 299 g/mol. The van der Waals surface area contributed by atoms with Gasteiger partial charge in [-0.3, -0.25) is 4.98 Å². The maximum absolute atomic E-state index is 10.6. The minimum atomic E-state index is -5.08. The number of pyridine rings is 1. The van der Waals surface area contributed by atoms with E-state index < -0.39 is 12.1 Å². The number of fused-ring (bicyclic) bond motifs is 2. The molecule has 2 aromatic heterocycles. The highest BCUT2D eigenvalue weighted by Gasteiger charge is 2.38. The fourth-order valence-corrected chi connectivity index (χ4v) is 1.93. The van der Waals surface area contributed by atoms with Crippen molar-refractivity contribution in [2.45, 2.75) is 12.7 Å². The summed E-state index contributed by atoms with van der Waals surface area (Å²) in [5.41, 5.74) is 7.95. The summed E-state index contributed by atoms with van der Waals surface area (Å²) >= 11 is 0. The van der Waals surface area contributed by atoms with Crippen LogP contribution in [-0.2, 0) is 11.3 Å². The van der Waals surface area contributed by atoms with E-state index in [-0.39, 0.29) is 0 Å². The second-order valence-corrected chi connectivity index (χ2v) is 4.44. The maximum Gasteiger partial charge on any atom is 0.490 e. The Morgan fingerprint density at radius 1 is 1.32 bits per heavy atom. The van der Waals surface area contributed by atoms with Gasteiger partial charge in [-0.05, 0) is 29.1 Å². The molecular formula is C14H12F3N3O2. The normalized spacial score (nSPS) is 11.3. The zero-order valence-corrected chi connectivity index (χ0v) is 11.2. The van der Waals surface area contributed by atoms with Gasteiger partial charge in [0.2, 0.25) is 0 Å². The molecule has 0 fully saturated rings. The van der Waals surface area contributed by atoms with Crippen molar-refractivity contribution in [3.63, 3.8) is 0 Å². The zero-order chi connectivity index (χ0) is 16.3. The number of alkyl halides is 3. The fourth-order valence-electron chi connectivity index (χ4n) is 1.93. The minimum absolute atomic E-state index is 0.566. The lowest BCUT2D eigenvalue weighted by Crippen LogP contribution is -2.21. The Balaban J connectivity index is 0.000000217. The molecule has 0 saturated carbocycles. The topological polar surface area (TPSA) is 92.0 Å². The molecule has 3 aromatic rings. The molecule has 8 heteroatoms. The monoisotopic (exact) mass is 311 g/mol. The van der Waals surface area contributed by atoms with Crippen LogP contribution in [0.2, 0.25) is 0 Å². The molecule has 0 aliphatic carbocycles. The van der Waals surface area contributed by atoms with E-state index >= 15 is 0 Å². The summed E-state index contributed by atoms with van der Waals surface area (Å²) in [6.45, 7) is 0.566. The summed E-state index contributed by atoms with van der Waals surface area (Å²) in [5, 5.41) is 10.7. The van der Waals surface area contributed by atoms with Gasteiger partial charge in [-0.1, -0.05) is 0 Å². The Kier molecular flexibility index (Phi) is 4.32. The molecule has 0 bridgehead atoms. The molecule has 0 amide bonds. The van der Waals surface area contributed by atoms with Crippen molar-refractivity contribution in [3.8, 4) is 0 Å². The van der Waals surface area contributed by atoms with Gasteiger partial charge in [0, 0.05) is 41.4 Å². The van der Waals surface area contributed by atoms with Gasteiger partial charge in [0.1, 0.15) is 0 Å². The molecule has 3 rings (SSSR count). The Hall–Kier alpha value is -2.61. The second kappa shape index (κ2) is 6.02. The van der Waals surface area contributed by atoms with Crippen LogP contribution >= 0.6 is 0 Å². The first-order valence-electron chi connectivity index (χ1n) is 6.17. The summed E-state index contributed by atoms with van der Waals surface area (Å²) < 4.78 is 31.7. The molecule has 4 N–H and O–H groups in total. The number of nitrogens with one attached hydrogen (secondary N) is 1. The number of aromatic amines is 1. The van der Waals surface area contributed by atoms with Gasteiger partial charge in [0.05, 0.1) is 0 Å². The third-order valence-electron chi connectivity index (χ3n) is 2.99. The number of carbonyl (C=O) groups is 1. The van der Waals surface area contributed by atoms with Gasteiger partial charge in [0.15, 0.2) is 0 Å². The van der Waals surface area contributed by atoms with Gasteiger partial charge in [-0.25, -0.2) is 4.79 Å². The van der Waals surface area contributed by atoms with E-state index in [1.807, 2.05) is 24.7 Å². The van der Waals surface area contributed by atoms with Crippen molar-refractivity contribution in [2.75, 3.05) is 0 Å². The third kappa shape index (κ3) is 3.34. The molecule has 5 nitrogen and oxygen atoms in total. The Morgan fingerprint density at radius 3 is 2.59 bits per heavy atom. The molecule has 116 valence electrons. The first kappa shape index (κ1) is 15.8. The van der Waals surface area contributed by atoms with Gasteiger partial charge in [-0.2, -0.15) is 13.2 Å². The average molecular weight is 311 g/mol. The number of carboxylic acid groups (broad SMARTS) is 1. The Morgan fingerprint density at radius 2 is 2.00 bits per heavy atom. The molecule has 0 aliphatic rings. The second-order valence-electron chi connectivity index (χ2n) is 4.44. The summed E-state index contributed by atoms with van der Waals surface area (Å²) in [6.07, 6.45) is 0.567. The van der Waals surface area contributed by atoms with Crippen LogP contribution in [0.3, 0.4) is 0 Å². The number of nitrogens with zero attached hydrogens (tertiary/aromatic N) is 1. The number of aromatic nitrogens is 2. The van der Waals surface area contributed by atoms with Crippen molar-refractivity contribution in [2.24, 2.45) is 5.73 Å². The maximum atomic E-state index is 10.6. The van der Waals surface area contributed by atoms with E-state index in [4.69, 9.17) is 15.6 Å². The number of hydrogen-bond donors (Lipinski definition) is 3. The van der Waals surface area contributed by atoms with Crippen LogP contribution in [0.15, 0.2) is 36.8 Å². The van der Waals surface area contributed by atoms with Crippen LogP contribution in [0, 0.1) is 0 Å². The van der Waals surface area contributed by atoms with Gasteiger partial charge >= 0.3 is 12.1 Å². The highest BCUT2D eigenvalue weighted by molar-refractivity contribution is 5.97. The lowest BCUT2D eigenvalue weighted by Gasteiger charge is -1.98. The molecule has 0 atom stereocenters. The van der Waals surface area contributed by atoms with Crippen LogP contribution in [0.5, 0.6) is 0 Å². The summed E-state index contributed by atoms with van der Waals surface area (Å²) in [7, 11) is 0. The largest absolute Gasteiger partial charge is 0.490 e. The molecule has 0 saturated heterocycles. The number of hydrogen-bond acceptors (Lipinski definition) is 3. The number of benzene rings is 1. The lowest BCUT2D eigenvalue weighted by atomic mass is 10.1. The standard InChI is InChI=1S/C12H11N3.C2HF3O2/c13-5-10-7-15-12-4-9-6-14-2-1-8(9)3-11(10)12;3-2(4,5)1(6)7/h1-4,6-7,15H,5,13H2;(H,6,7). The summed E-state index contributed by atoms with van der Waals surface area (Å²) in [4.78, 5) is 16.2. The highest BCUT2D eigenvalue weighted by Crippen LogP contribution is 2.24. The van der Waals surface area contributed by atoms with E-state index in [2.05, 4.69) is 22.1 Å². The molecule has 0 unspecified atom stereocenters. The zero-order valence-electron chi connectivity index (χ0n) is 11.2. The number of H-pyrrole nitrogens is 1. The van der Waals surface area contributed by atoms with Crippen LogP contribution in [0.1, 0.15) is 5.56 Å². The van der Waals surface area contributed by atoms with Crippen LogP contribution in [-0.4, -0.2) is 27.2 Å².